The van der Waals surface area contributed by atoms with Crippen LogP contribution in [0.25, 0.3) is 0 Å². The Bertz CT molecular complexity index is 1150. The molecule has 0 saturated heterocycles. The molecule has 2 aromatic carbocycles. The van der Waals surface area contributed by atoms with E-state index in [-0.39, 0.29) is 29.7 Å². The normalized spacial score (nSPS) is 10.9. The van der Waals surface area contributed by atoms with E-state index >= 15 is 0 Å². The molecule has 0 spiro atoms. The third-order valence-corrected chi connectivity index (χ3v) is 5.48. The van der Waals surface area contributed by atoms with Gasteiger partial charge >= 0.3 is 0 Å². The van der Waals surface area contributed by atoms with Crippen LogP contribution in [0.15, 0.2) is 78.0 Å². The maximum absolute atomic E-state index is 13.0. The molecular weight excluding hydrogens is 423 g/mol. The van der Waals surface area contributed by atoms with Crippen LogP contribution in [0.2, 0.25) is 0 Å². The summed E-state index contributed by atoms with van der Waals surface area (Å²) in [6.07, 6.45) is 3.09. The molecule has 1 heterocycles. The van der Waals surface area contributed by atoms with Crippen molar-refractivity contribution in [2.24, 2.45) is 0 Å². The van der Waals surface area contributed by atoms with Crippen molar-refractivity contribution < 1.29 is 22.4 Å². The van der Waals surface area contributed by atoms with Gasteiger partial charge in [-0.15, -0.1) is 0 Å². The lowest BCUT2D eigenvalue weighted by molar-refractivity contribution is -0.123. The summed E-state index contributed by atoms with van der Waals surface area (Å²) in [5.41, 5.74) is 1.46. The Morgan fingerprint density at radius 2 is 1.61 bits per heavy atom. The van der Waals surface area contributed by atoms with Crippen LogP contribution in [0.5, 0.6) is 0 Å². The maximum atomic E-state index is 13.0. The van der Waals surface area contributed by atoms with Gasteiger partial charge in [-0.05, 0) is 54.1 Å². The van der Waals surface area contributed by atoms with Crippen LogP contribution in [0.1, 0.15) is 5.56 Å². The molecule has 0 aliphatic carbocycles. The summed E-state index contributed by atoms with van der Waals surface area (Å²) in [5, 5.41) is 5.12. The number of halogens is 1. The first-order valence-corrected chi connectivity index (χ1v) is 10.6. The number of anilines is 2. The molecule has 0 aliphatic heterocycles. The van der Waals surface area contributed by atoms with Crippen molar-refractivity contribution in [3.8, 4) is 0 Å². The number of carbonyl (C=O) groups excluding carboxylic acids is 2. The van der Waals surface area contributed by atoms with Gasteiger partial charge in [-0.25, -0.2) is 12.8 Å². The smallest absolute Gasteiger partial charge is 0.261 e. The zero-order valence-corrected chi connectivity index (χ0v) is 17.0. The van der Waals surface area contributed by atoms with E-state index in [4.69, 9.17) is 0 Å². The second-order valence-electron chi connectivity index (χ2n) is 6.50. The lowest BCUT2D eigenvalue weighted by atomic mass is 10.1. The summed E-state index contributed by atoms with van der Waals surface area (Å²) >= 11 is 0. The molecule has 3 N–H and O–H groups in total. The molecule has 160 valence electrons. The standard InChI is InChI=1S/C21H19FN4O4S/c22-16-5-9-19(10-6-16)31(29,30)26-17-7-3-15(4-8-17)12-20(27)24-14-21(28)25-18-2-1-11-23-13-18/h1-11,13,26H,12,14H2,(H,24,27)(H,25,28). The van der Waals surface area contributed by atoms with E-state index in [0.717, 1.165) is 12.1 Å². The van der Waals surface area contributed by atoms with Crippen LogP contribution in [-0.4, -0.2) is 31.8 Å². The molecule has 8 nitrogen and oxygen atoms in total. The molecule has 10 heteroatoms. The fraction of sp³-hybridized carbons (Fsp3) is 0.0952. The fourth-order valence-corrected chi connectivity index (χ4v) is 3.65. The predicted molar refractivity (Wildman–Crippen MR) is 113 cm³/mol. The summed E-state index contributed by atoms with van der Waals surface area (Å²) in [5.74, 6) is -1.27. The number of rotatable bonds is 8. The van der Waals surface area contributed by atoms with E-state index in [2.05, 4.69) is 20.3 Å². The molecule has 0 unspecified atom stereocenters. The highest BCUT2D eigenvalue weighted by Crippen LogP contribution is 2.17. The van der Waals surface area contributed by atoms with Gasteiger partial charge in [0.05, 0.1) is 29.7 Å². The SMILES string of the molecule is O=C(Cc1ccc(NS(=O)(=O)c2ccc(F)cc2)cc1)NCC(=O)Nc1cccnc1. The van der Waals surface area contributed by atoms with Crippen LogP contribution in [-0.2, 0) is 26.0 Å². The summed E-state index contributed by atoms with van der Waals surface area (Å²) in [6.45, 7) is -0.191. The average molecular weight is 442 g/mol. The Morgan fingerprint density at radius 3 is 2.26 bits per heavy atom. The van der Waals surface area contributed by atoms with Gasteiger partial charge in [0.2, 0.25) is 11.8 Å². The molecule has 3 rings (SSSR count). The quantitative estimate of drug-likeness (QED) is 0.495. The number of aromatic nitrogens is 1. The van der Waals surface area contributed by atoms with Crippen molar-refractivity contribution in [3.05, 3.63) is 84.4 Å². The van der Waals surface area contributed by atoms with Crippen LogP contribution < -0.4 is 15.4 Å². The summed E-state index contributed by atoms with van der Waals surface area (Å²) in [7, 11) is -3.85. The van der Waals surface area contributed by atoms with Crippen LogP contribution in [0.3, 0.4) is 0 Å². The fourth-order valence-electron chi connectivity index (χ4n) is 2.59. The molecule has 31 heavy (non-hydrogen) atoms. The topological polar surface area (TPSA) is 117 Å². The van der Waals surface area contributed by atoms with Crippen molar-refractivity contribution in [2.75, 3.05) is 16.6 Å². The maximum Gasteiger partial charge on any atom is 0.261 e. The number of nitrogens with zero attached hydrogens (tertiary/aromatic N) is 1. The van der Waals surface area contributed by atoms with Crippen molar-refractivity contribution in [1.82, 2.24) is 10.3 Å². The molecule has 1 aromatic heterocycles. The van der Waals surface area contributed by atoms with Crippen LogP contribution >= 0.6 is 0 Å². The summed E-state index contributed by atoms with van der Waals surface area (Å²) < 4.78 is 40.0. The minimum atomic E-state index is -3.85. The molecule has 2 amide bonds. The van der Waals surface area contributed by atoms with Gasteiger partial charge in [-0.2, -0.15) is 0 Å². The molecule has 0 radical (unpaired) electrons. The Balaban J connectivity index is 1.50. The van der Waals surface area contributed by atoms with E-state index in [1.54, 1.807) is 30.5 Å². The number of nitrogens with one attached hydrogen (secondary N) is 3. The molecular formula is C21H19FN4O4S. The monoisotopic (exact) mass is 442 g/mol. The molecule has 0 aliphatic rings. The van der Waals surface area contributed by atoms with E-state index in [1.807, 2.05) is 0 Å². The minimum absolute atomic E-state index is 0.0190. The minimum Gasteiger partial charge on any atom is -0.347 e. The summed E-state index contributed by atoms with van der Waals surface area (Å²) in [6, 6.07) is 14.0. The Hall–Kier alpha value is -3.79. The lowest BCUT2D eigenvalue weighted by Crippen LogP contribution is -2.33. The van der Waals surface area contributed by atoms with E-state index < -0.39 is 15.8 Å². The van der Waals surface area contributed by atoms with Crippen LogP contribution in [0, 0.1) is 5.82 Å². The highest BCUT2D eigenvalue weighted by Gasteiger charge is 2.14. The van der Waals surface area contributed by atoms with Crippen molar-refractivity contribution in [3.63, 3.8) is 0 Å². The number of amides is 2. The first kappa shape index (κ1) is 21.9. The number of carbonyl (C=O) groups is 2. The number of hydrogen-bond donors (Lipinski definition) is 3. The van der Waals surface area contributed by atoms with Gasteiger partial charge in [0.25, 0.3) is 10.0 Å². The number of sulfonamides is 1. The average Bonchev–Trinajstić information content (AvgIpc) is 2.74. The predicted octanol–water partition coefficient (Wildman–Crippen LogP) is 2.32. The molecule has 0 bridgehead atoms. The van der Waals surface area contributed by atoms with Gasteiger partial charge in [0.15, 0.2) is 0 Å². The van der Waals surface area contributed by atoms with Gasteiger partial charge in [-0.1, -0.05) is 12.1 Å². The lowest BCUT2D eigenvalue weighted by Gasteiger charge is -2.09. The van der Waals surface area contributed by atoms with Gasteiger partial charge in [0.1, 0.15) is 5.82 Å². The number of benzene rings is 2. The zero-order valence-electron chi connectivity index (χ0n) is 16.2. The largest absolute Gasteiger partial charge is 0.347 e. The van der Waals surface area contributed by atoms with E-state index in [1.165, 1.54) is 30.5 Å². The summed E-state index contributed by atoms with van der Waals surface area (Å²) in [4.78, 5) is 27.7. The van der Waals surface area contributed by atoms with Crippen molar-refractivity contribution in [1.29, 1.82) is 0 Å². The molecule has 3 aromatic rings. The Labute approximate surface area is 178 Å². The van der Waals surface area contributed by atoms with Gasteiger partial charge < -0.3 is 10.6 Å². The van der Waals surface area contributed by atoms with Gasteiger partial charge in [0, 0.05) is 11.9 Å². The van der Waals surface area contributed by atoms with Crippen LogP contribution in [0.4, 0.5) is 15.8 Å². The van der Waals surface area contributed by atoms with Crippen molar-refractivity contribution in [2.45, 2.75) is 11.3 Å². The second-order valence-corrected chi connectivity index (χ2v) is 8.18. The molecule has 0 atom stereocenters. The first-order valence-electron chi connectivity index (χ1n) is 9.16. The van der Waals surface area contributed by atoms with Crippen molar-refractivity contribution >= 4 is 33.2 Å². The number of hydrogen-bond acceptors (Lipinski definition) is 5. The molecule has 0 fully saturated rings. The second kappa shape index (κ2) is 9.81. The van der Waals surface area contributed by atoms with E-state index in [9.17, 15) is 22.4 Å². The zero-order chi connectivity index (χ0) is 22.3. The Morgan fingerprint density at radius 1 is 0.903 bits per heavy atom. The van der Waals surface area contributed by atoms with Gasteiger partial charge in [-0.3, -0.25) is 19.3 Å². The number of pyridine rings is 1. The first-order chi connectivity index (χ1) is 14.8. The van der Waals surface area contributed by atoms with E-state index in [0.29, 0.717) is 16.9 Å². The highest BCUT2D eigenvalue weighted by atomic mass is 32.2. The molecule has 0 saturated carbocycles. The highest BCUT2D eigenvalue weighted by molar-refractivity contribution is 7.92. The third-order valence-electron chi connectivity index (χ3n) is 4.09. The Kier molecular flexibility index (Phi) is 6.93. The third kappa shape index (κ3) is 6.61.